The van der Waals surface area contributed by atoms with Crippen molar-refractivity contribution in [2.75, 3.05) is 0 Å². The molecule has 0 radical (unpaired) electrons. The molecule has 0 amide bonds. The van der Waals surface area contributed by atoms with Crippen LogP contribution in [-0.4, -0.2) is 10.8 Å². The Morgan fingerprint density at radius 1 is 1.31 bits per heavy atom. The number of nitrogens with zero attached hydrogens (tertiary/aromatic N) is 1. The van der Waals surface area contributed by atoms with E-state index in [0.717, 1.165) is 19.3 Å². The van der Waals surface area contributed by atoms with Gasteiger partial charge < -0.3 is 0 Å². The Bertz CT molecular complexity index is 338. The van der Waals surface area contributed by atoms with E-state index in [1.54, 1.807) is 0 Å². The lowest BCUT2D eigenvalue weighted by atomic mass is 10.1. The number of carbonyl (C=O) groups excluding carboxylic acids is 1. The summed E-state index contributed by atoms with van der Waals surface area (Å²) in [4.78, 5) is 15.4. The van der Waals surface area contributed by atoms with Gasteiger partial charge in [0.1, 0.15) is 5.69 Å². The number of carbonyl (C=O) groups is 1. The molecule has 0 spiro atoms. The lowest BCUT2D eigenvalue weighted by Gasteiger charge is -2.01. The Morgan fingerprint density at radius 3 is 2.75 bits per heavy atom. The number of hydrogen-bond acceptors (Lipinski definition) is 2. The number of halogens is 1. The summed E-state index contributed by atoms with van der Waals surface area (Å²) in [5.74, 6) is -0.698. The molecule has 3 heteroatoms. The quantitative estimate of drug-likeness (QED) is 0.520. The van der Waals surface area contributed by atoms with Gasteiger partial charge in [-0.25, -0.2) is 4.39 Å². The molecule has 1 rings (SSSR count). The highest BCUT2D eigenvalue weighted by Gasteiger charge is 2.11. The molecule has 0 saturated heterocycles. The van der Waals surface area contributed by atoms with Crippen LogP contribution in [0, 0.1) is 5.82 Å². The predicted molar refractivity (Wildman–Crippen MR) is 61.9 cm³/mol. The Labute approximate surface area is 95.9 Å². The van der Waals surface area contributed by atoms with Crippen molar-refractivity contribution in [3.05, 3.63) is 29.8 Å². The van der Waals surface area contributed by atoms with Crippen LogP contribution in [0.2, 0.25) is 0 Å². The van der Waals surface area contributed by atoms with Gasteiger partial charge in [-0.2, -0.15) is 0 Å². The van der Waals surface area contributed by atoms with E-state index in [9.17, 15) is 9.18 Å². The molecule has 0 fully saturated rings. The Kier molecular flexibility index (Phi) is 5.68. The van der Waals surface area contributed by atoms with E-state index in [4.69, 9.17) is 0 Å². The molecule has 0 N–H and O–H groups in total. The maximum atomic E-state index is 13.2. The maximum Gasteiger partial charge on any atom is 0.184 e. The third kappa shape index (κ3) is 4.09. The van der Waals surface area contributed by atoms with Crippen LogP contribution in [0.15, 0.2) is 18.3 Å². The van der Waals surface area contributed by atoms with Crippen molar-refractivity contribution in [1.29, 1.82) is 0 Å². The van der Waals surface area contributed by atoms with Crippen LogP contribution in [0.3, 0.4) is 0 Å². The van der Waals surface area contributed by atoms with E-state index >= 15 is 0 Å². The van der Waals surface area contributed by atoms with E-state index < -0.39 is 5.82 Å². The van der Waals surface area contributed by atoms with Crippen LogP contribution in [0.5, 0.6) is 0 Å². The van der Waals surface area contributed by atoms with Crippen molar-refractivity contribution in [3.8, 4) is 0 Å². The molecule has 0 saturated carbocycles. The zero-order chi connectivity index (χ0) is 11.8. The molecule has 0 aliphatic rings. The van der Waals surface area contributed by atoms with Crippen LogP contribution >= 0.6 is 0 Å². The average molecular weight is 223 g/mol. The fourth-order valence-corrected chi connectivity index (χ4v) is 1.60. The Hall–Kier alpha value is -1.25. The standard InChI is InChI=1S/C13H18FNO/c1-2-3-4-5-6-9-12(16)13-11(14)8-7-10-15-13/h7-8,10H,2-6,9H2,1H3. The van der Waals surface area contributed by atoms with E-state index in [-0.39, 0.29) is 11.5 Å². The van der Waals surface area contributed by atoms with Crippen molar-refractivity contribution in [2.24, 2.45) is 0 Å². The molecule has 0 unspecified atom stereocenters. The van der Waals surface area contributed by atoms with Crippen molar-refractivity contribution in [1.82, 2.24) is 4.98 Å². The second kappa shape index (κ2) is 7.09. The molecule has 88 valence electrons. The number of pyridine rings is 1. The van der Waals surface area contributed by atoms with Crippen LogP contribution < -0.4 is 0 Å². The largest absolute Gasteiger partial charge is 0.292 e. The first-order valence-electron chi connectivity index (χ1n) is 5.89. The third-order valence-corrected chi connectivity index (χ3v) is 2.53. The van der Waals surface area contributed by atoms with Crippen molar-refractivity contribution < 1.29 is 9.18 Å². The summed E-state index contributed by atoms with van der Waals surface area (Å²) in [5.41, 5.74) is -0.0157. The third-order valence-electron chi connectivity index (χ3n) is 2.53. The highest BCUT2D eigenvalue weighted by Crippen LogP contribution is 2.10. The molecular weight excluding hydrogens is 205 g/mol. The normalized spacial score (nSPS) is 10.4. The summed E-state index contributed by atoms with van der Waals surface area (Å²) < 4.78 is 13.2. The summed E-state index contributed by atoms with van der Waals surface area (Å²) in [6, 6.07) is 2.77. The number of unbranched alkanes of at least 4 members (excludes halogenated alkanes) is 4. The average Bonchev–Trinajstić information content (AvgIpc) is 2.29. The van der Waals surface area contributed by atoms with Gasteiger partial charge >= 0.3 is 0 Å². The Balaban J connectivity index is 2.33. The number of hydrogen-bond donors (Lipinski definition) is 0. The van der Waals surface area contributed by atoms with E-state index in [0.29, 0.717) is 6.42 Å². The smallest absolute Gasteiger partial charge is 0.184 e. The molecule has 1 heterocycles. The fourth-order valence-electron chi connectivity index (χ4n) is 1.60. The van der Waals surface area contributed by atoms with E-state index in [1.165, 1.54) is 31.2 Å². The Morgan fingerprint density at radius 2 is 2.06 bits per heavy atom. The molecule has 1 aromatic rings. The molecule has 0 bridgehead atoms. The lowest BCUT2D eigenvalue weighted by Crippen LogP contribution is -2.04. The molecule has 16 heavy (non-hydrogen) atoms. The minimum Gasteiger partial charge on any atom is -0.292 e. The summed E-state index contributed by atoms with van der Waals surface area (Å²) in [5, 5.41) is 0. The SMILES string of the molecule is CCCCCCCC(=O)c1ncccc1F. The predicted octanol–water partition coefficient (Wildman–Crippen LogP) is 3.76. The van der Waals surface area contributed by atoms with E-state index in [1.807, 2.05) is 0 Å². The number of aromatic nitrogens is 1. The van der Waals surface area contributed by atoms with Gasteiger partial charge in [0.25, 0.3) is 0 Å². The highest BCUT2D eigenvalue weighted by atomic mass is 19.1. The molecule has 0 aliphatic carbocycles. The van der Waals surface area contributed by atoms with Crippen LogP contribution in [-0.2, 0) is 0 Å². The zero-order valence-corrected chi connectivity index (χ0v) is 9.71. The van der Waals surface area contributed by atoms with Gasteiger partial charge in [0.05, 0.1) is 0 Å². The summed E-state index contributed by atoms with van der Waals surface area (Å²) in [6.45, 7) is 2.15. The molecule has 0 aliphatic heterocycles. The second-order valence-electron chi connectivity index (χ2n) is 3.92. The monoisotopic (exact) mass is 223 g/mol. The van der Waals surface area contributed by atoms with Gasteiger partial charge in [-0.3, -0.25) is 9.78 Å². The summed E-state index contributed by atoms with van der Waals surface area (Å²) >= 11 is 0. The van der Waals surface area contributed by atoms with Gasteiger partial charge in [0.15, 0.2) is 11.6 Å². The first kappa shape index (κ1) is 12.8. The topological polar surface area (TPSA) is 30.0 Å². The van der Waals surface area contributed by atoms with Crippen molar-refractivity contribution >= 4 is 5.78 Å². The molecule has 0 atom stereocenters. The molecule has 2 nitrogen and oxygen atoms in total. The van der Waals surface area contributed by atoms with Gasteiger partial charge in [-0.05, 0) is 18.6 Å². The molecular formula is C13H18FNO. The highest BCUT2D eigenvalue weighted by molar-refractivity contribution is 5.94. The molecule has 0 aromatic carbocycles. The van der Waals surface area contributed by atoms with Gasteiger partial charge in [-0.1, -0.05) is 32.6 Å². The van der Waals surface area contributed by atoms with Crippen LogP contribution in [0.25, 0.3) is 0 Å². The van der Waals surface area contributed by atoms with Gasteiger partial charge in [-0.15, -0.1) is 0 Å². The summed E-state index contributed by atoms with van der Waals surface area (Å²) in [7, 11) is 0. The van der Waals surface area contributed by atoms with Crippen molar-refractivity contribution in [3.63, 3.8) is 0 Å². The van der Waals surface area contributed by atoms with Crippen molar-refractivity contribution in [2.45, 2.75) is 45.4 Å². The first-order valence-corrected chi connectivity index (χ1v) is 5.89. The first-order chi connectivity index (χ1) is 7.75. The number of rotatable bonds is 7. The van der Waals surface area contributed by atoms with E-state index in [2.05, 4.69) is 11.9 Å². The zero-order valence-electron chi connectivity index (χ0n) is 9.71. The number of Topliss-reactive ketones (excluding diaryl/α,β-unsaturated/α-hetero) is 1. The number of ketones is 1. The minimum atomic E-state index is -0.513. The fraction of sp³-hybridized carbons (Fsp3) is 0.538. The lowest BCUT2D eigenvalue weighted by molar-refractivity contribution is 0.0970. The maximum absolute atomic E-state index is 13.2. The second-order valence-corrected chi connectivity index (χ2v) is 3.92. The van der Waals surface area contributed by atoms with Crippen LogP contribution in [0.4, 0.5) is 4.39 Å². The van der Waals surface area contributed by atoms with Gasteiger partial charge in [0.2, 0.25) is 0 Å². The van der Waals surface area contributed by atoms with Gasteiger partial charge in [0, 0.05) is 12.6 Å². The molecule has 1 aromatic heterocycles. The van der Waals surface area contributed by atoms with Crippen LogP contribution in [0.1, 0.15) is 55.9 Å². The summed E-state index contributed by atoms with van der Waals surface area (Å²) in [6.07, 6.45) is 7.25. The minimum absolute atomic E-state index is 0.0157.